The number of aromatic nitrogens is 1. The molecule has 0 spiro atoms. The largest absolute Gasteiger partial charge is 0.465 e. The Morgan fingerprint density at radius 2 is 2.10 bits per heavy atom. The number of aliphatic imine (C=N–C) groups is 1. The van der Waals surface area contributed by atoms with Gasteiger partial charge in [-0.1, -0.05) is 6.07 Å². The Morgan fingerprint density at radius 3 is 2.77 bits per heavy atom. The maximum Gasteiger partial charge on any atom is 0.282 e. The summed E-state index contributed by atoms with van der Waals surface area (Å²) in [7, 11) is 0. The molecular formula is C21H21F3N4O3. The summed E-state index contributed by atoms with van der Waals surface area (Å²) in [6.45, 7) is 2.07. The molecule has 2 aromatic rings. The lowest BCUT2D eigenvalue weighted by Gasteiger charge is -2.37. The van der Waals surface area contributed by atoms with Crippen molar-refractivity contribution >= 4 is 17.6 Å². The van der Waals surface area contributed by atoms with Crippen molar-refractivity contribution in [2.75, 3.05) is 18.5 Å². The molecule has 2 aliphatic rings. The molecule has 1 aromatic heterocycles. The number of carbonyl (C=O) groups excluding carboxylic acids is 1. The van der Waals surface area contributed by atoms with E-state index < -0.39 is 35.2 Å². The molecule has 31 heavy (non-hydrogen) atoms. The summed E-state index contributed by atoms with van der Waals surface area (Å²) in [4.78, 5) is 20.8. The maximum atomic E-state index is 14.9. The van der Waals surface area contributed by atoms with Crippen molar-refractivity contribution in [1.82, 2.24) is 4.98 Å². The fraction of sp³-hybridized carbons (Fsp3) is 0.381. The van der Waals surface area contributed by atoms with E-state index in [0.29, 0.717) is 0 Å². The number of ether oxygens (including phenoxy) is 2. The van der Waals surface area contributed by atoms with Crippen LogP contribution in [0.3, 0.4) is 0 Å². The van der Waals surface area contributed by atoms with Gasteiger partial charge in [0.05, 0.1) is 19.1 Å². The van der Waals surface area contributed by atoms with Crippen molar-refractivity contribution in [2.45, 2.75) is 31.4 Å². The summed E-state index contributed by atoms with van der Waals surface area (Å²) in [5.74, 6) is -5.35. The number of amidine groups is 1. The van der Waals surface area contributed by atoms with Gasteiger partial charge in [0, 0.05) is 24.4 Å². The molecule has 1 fully saturated rings. The summed E-state index contributed by atoms with van der Waals surface area (Å²) >= 11 is 0. The zero-order valence-electron chi connectivity index (χ0n) is 16.9. The first-order valence-electron chi connectivity index (χ1n) is 9.62. The van der Waals surface area contributed by atoms with Crippen molar-refractivity contribution in [3.8, 4) is 0 Å². The summed E-state index contributed by atoms with van der Waals surface area (Å²) in [6.07, 6.45) is 0.0217. The van der Waals surface area contributed by atoms with E-state index >= 15 is 0 Å². The van der Waals surface area contributed by atoms with Gasteiger partial charge in [0.2, 0.25) is 0 Å². The Morgan fingerprint density at radius 1 is 1.32 bits per heavy atom. The predicted octanol–water partition coefficient (Wildman–Crippen LogP) is 2.99. The number of nitrogens with one attached hydrogen (secondary N) is 1. The number of nitrogens with zero attached hydrogens (tertiary/aromatic N) is 2. The van der Waals surface area contributed by atoms with Crippen molar-refractivity contribution in [1.29, 1.82) is 0 Å². The number of carbonyl (C=O) groups is 1. The lowest BCUT2D eigenvalue weighted by molar-refractivity contribution is -0.121. The third-order valence-electron chi connectivity index (χ3n) is 5.52. The molecule has 4 rings (SSSR count). The van der Waals surface area contributed by atoms with Crippen molar-refractivity contribution in [2.24, 2.45) is 16.6 Å². The van der Waals surface area contributed by atoms with Crippen LogP contribution in [0.15, 0.2) is 41.5 Å². The van der Waals surface area contributed by atoms with Gasteiger partial charge in [-0.25, -0.2) is 18.2 Å². The number of hydrogen-bond acceptors (Lipinski definition) is 6. The van der Waals surface area contributed by atoms with Gasteiger partial charge >= 0.3 is 0 Å². The molecule has 3 heterocycles. The molecule has 0 radical (unpaired) electrons. The Hall–Kier alpha value is -3.14. The van der Waals surface area contributed by atoms with Gasteiger partial charge in [0.1, 0.15) is 23.2 Å². The molecule has 3 N–H and O–H groups in total. The van der Waals surface area contributed by atoms with Crippen molar-refractivity contribution < 1.29 is 27.4 Å². The highest BCUT2D eigenvalue weighted by Gasteiger charge is 2.60. The van der Waals surface area contributed by atoms with Gasteiger partial charge in [0.15, 0.2) is 0 Å². The average molecular weight is 434 g/mol. The fourth-order valence-corrected chi connectivity index (χ4v) is 4.00. The molecule has 2 aliphatic heterocycles. The van der Waals surface area contributed by atoms with E-state index in [1.54, 1.807) is 18.3 Å². The van der Waals surface area contributed by atoms with Gasteiger partial charge in [0.25, 0.3) is 17.9 Å². The Kier molecular flexibility index (Phi) is 5.12. The second kappa shape index (κ2) is 7.52. The van der Waals surface area contributed by atoms with Gasteiger partial charge in [-0.05, 0) is 36.8 Å². The Labute approximate surface area is 176 Å². The number of alkyl halides is 2. The Balaban J connectivity index is 1.71. The smallest absolute Gasteiger partial charge is 0.282 e. The number of anilines is 1. The molecule has 1 saturated heterocycles. The highest BCUT2D eigenvalue weighted by atomic mass is 19.3. The summed E-state index contributed by atoms with van der Waals surface area (Å²) in [6, 6.07) is 6.92. The summed E-state index contributed by atoms with van der Waals surface area (Å²) in [5, 5.41) is 2.65. The van der Waals surface area contributed by atoms with Crippen LogP contribution in [0.25, 0.3) is 0 Å². The number of pyridine rings is 1. The summed E-state index contributed by atoms with van der Waals surface area (Å²) in [5.41, 5.74) is 5.52. The van der Waals surface area contributed by atoms with Gasteiger partial charge in [-0.2, -0.15) is 0 Å². The maximum absolute atomic E-state index is 14.9. The molecule has 10 heteroatoms. The third-order valence-corrected chi connectivity index (χ3v) is 5.52. The van der Waals surface area contributed by atoms with Crippen LogP contribution in [0, 0.1) is 18.7 Å². The van der Waals surface area contributed by atoms with Crippen LogP contribution in [-0.4, -0.2) is 42.2 Å². The van der Waals surface area contributed by atoms with Crippen LogP contribution < -0.4 is 11.1 Å². The molecule has 3 atom stereocenters. The number of rotatable bonds is 4. The van der Waals surface area contributed by atoms with Crippen molar-refractivity contribution in [3.63, 3.8) is 0 Å². The molecule has 0 aliphatic carbocycles. The number of aryl methyl sites for hydroxylation is 1. The van der Waals surface area contributed by atoms with Crippen LogP contribution in [0.4, 0.5) is 18.9 Å². The highest BCUT2D eigenvalue weighted by molar-refractivity contribution is 6.02. The van der Waals surface area contributed by atoms with Crippen LogP contribution >= 0.6 is 0 Å². The minimum absolute atomic E-state index is 0.00911. The number of halogens is 3. The highest BCUT2D eigenvalue weighted by Crippen LogP contribution is 2.49. The van der Waals surface area contributed by atoms with E-state index in [9.17, 15) is 18.0 Å². The zero-order valence-corrected chi connectivity index (χ0v) is 16.9. The number of fused-ring (bicyclic) bond motifs is 1. The standard InChI is InChI=1S/C21H21F3N4O3/c1-11-3-6-16(26-8-11)18(29)27-12-4-5-15(22)13(7-12)21-10-31-17(20(2,23)24)14(21)9-30-19(25)28-21/h3-8,14,17H,9-10H2,1-2H3,(H2,25,28)(H,27,29)/t14-,17+,21-/m1/s1. The Bertz CT molecular complexity index is 1040. The van der Waals surface area contributed by atoms with Crippen LogP contribution in [0.5, 0.6) is 0 Å². The van der Waals surface area contributed by atoms with E-state index in [4.69, 9.17) is 15.2 Å². The van der Waals surface area contributed by atoms with E-state index in [0.717, 1.165) is 18.6 Å². The molecule has 1 aromatic carbocycles. The minimum atomic E-state index is -3.20. The first kappa shape index (κ1) is 21.1. The second-order valence-corrected chi connectivity index (χ2v) is 7.85. The lowest BCUT2D eigenvalue weighted by atomic mass is 9.76. The molecular weight excluding hydrogens is 413 g/mol. The van der Waals surface area contributed by atoms with Gasteiger partial charge in [-0.15, -0.1) is 0 Å². The van der Waals surface area contributed by atoms with Crippen LogP contribution in [-0.2, 0) is 15.0 Å². The molecule has 0 saturated carbocycles. The number of benzene rings is 1. The molecule has 0 unspecified atom stereocenters. The van der Waals surface area contributed by atoms with Crippen LogP contribution in [0.1, 0.15) is 28.5 Å². The molecule has 7 nitrogen and oxygen atoms in total. The topological polar surface area (TPSA) is 98.8 Å². The second-order valence-electron chi connectivity index (χ2n) is 7.85. The quantitative estimate of drug-likeness (QED) is 0.771. The SMILES string of the molecule is Cc1ccc(C(=O)Nc2ccc(F)c([C@]34CO[C@H](C(C)(F)F)[C@H]3COC(N)=N4)c2)nc1. The van der Waals surface area contributed by atoms with Gasteiger partial charge in [-0.3, -0.25) is 9.78 Å². The first-order valence-corrected chi connectivity index (χ1v) is 9.62. The van der Waals surface area contributed by atoms with E-state index in [1.165, 1.54) is 12.1 Å². The first-order chi connectivity index (χ1) is 14.6. The number of hydrogen-bond donors (Lipinski definition) is 2. The van der Waals surface area contributed by atoms with Gasteiger partial charge < -0.3 is 20.5 Å². The monoisotopic (exact) mass is 434 g/mol. The summed E-state index contributed by atoms with van der Waals surface area (Å²) < 4.78 is 53.7. The normalized spacial score (nSPS) is 25.4. The minimum Gasteiger partial charge on any atom is -0.465 e. The van der Waals surface area contributed by atoms with E-state index in [1.807, 2.05) is 6.92 Å². The third kappa shape index (κ3) is 3.83. The molecule has 164 valence electrons. The zero-order chi connectivity index (χ0) is 22.4. The fourth-order valence-electron chi connectivity index (χ4n) is 4.00. The number of amides is 1. The van der Waals surface area contributed by atoms with Crippen molar-refractivity contribution in [3.05, 3.63) is 59.2 Å². The van der Waals surface area contributed by atoms with E-state index in [-0.39, 0.29) is 36.2 Å². The molecule has 1 amide bonds. The van der Waals surface area contributed by atoms with E-state index in [2.05, 4.69) is 15.3 Å². The lowest BCUT2D eigenvalue weighted by Crippen LogP contribution is -2.48. The molecule has 0 bridgehead atoms. The predicted molar refractivity (Wildman–Crippen MR) is 106 cm³/mol. The average Bonchev–Trinajstić information content (AvgIpc) is 3.09. The van der Waals surface area contributed by atoms with Crippen LogP contribution in [0.2, 0.25) is 0 Å². The number of nitrogens with two attached hydrogens (primary N) is 1.